The second-order valence-electron chi connectivity index (χ2n) is 3.47. The Morgan fingerprint density at radius 3 is 2.47 bits per heavy atom. The summed E-state index contributed by atoms with van der Waals surface area (Å²) in [4.78, 5) is 12.0. The van der Waals surface area contributed by atoms with Crippen LogP contribution < -0.4 is 0 Å². The Labute approximate surface area is 97.8 Å². The quantitative estimate of drug-likeness (QED) is 0.751. The fourth-order valence-corrected chi connectivity index (χ4v) is 2.13. The van der Waals surface area contributed by atoms with Gasteiger partial charge < -0.3 is 0 Å². The van der Waals surface area contributed by atoms with E-state index in [1.54, 1.807) is 12.1 Å². The van der Waals surface area contributed by atoms with Gasteiger partial charge in [0.1, 0.15) is 5.82 Å². The summed E-state index contributed by atoms with van der Waals surface area (Å²) in [6.45, 7) is 3.89. The molecule has 1 nitrogen and oxygen atoms in total. The molecule has 0 bridgehead atoms. The number of benzene rings is 1. The van der Waals surface area contributed by atoms with Gasteiger partial charge in [-0.2, -0.15) is 0 Å². The number of Topliss-reactive ketones (excluding diaryl/α,β-unsaturated/α-hetero) is 1. The van der Waals surface area contributed by atoms with E-state index in [2.05, 4.69) is 15.9 Å². The summed E-state index contributed by atoms with van der Waals surface area (Å²) in [6, 6.07) is 4.60. The van der Waals surface area contributed by atoms with Gasteiger partial charge in [0.25, 0.3) is 0 Å². The molecular weight excluding hydrogens is 259 g/mol. The zero-order chi connectivity index (χ0) is 11.4. The van der Waals surface area contributed by atoms with Crippen molar-refractivity contribution in [3.8, 4) is 0 Å². The summed E-state index contributed by atoms with van der Waals surface area (Å²) in [7, 11) is 0. The van der Waals surface area contributed by atoms with E-state index in [1.807, 2.05) is 13.8 Å². The van der Waals surface area contributed by atoms with Crippen LogP contribution in [0.1, 0.15) is 37.0 Å². The van der Waals surface area contributed by atoms with Gasteiger partial charge in [-0.05, 0) is 40.9 Å². The molecule has 0 aromatic heterocycles. The maximum atomic E-state index is 13.5. The van der Waals surface area contributed by atoms with Crippen molar-refractivity contribution in [1.82, 2.24) is 0 Å². The number of halogens is 2. The van der Waals surface area contributed by atoms with E-state index in [0.717, 1.165) is 12.8 Å². The highest BCUT2D eigenvalue weighted by Crippen LogP contribution is 2.25. The Kier molecular flexibility index (Phi) is 4.45. The van der Waals surface area contributed by atoms with Gasteiger partial charge in [0.15, 0.2) is 5.78 Å². The van der Waals surface area contributed by atoms with Gasteiger partial charge in [-0.1, -0.05) is 19.9 Å². The predicted molar refractivity (Wildman–Crippen MR) is 62.5 cm³/mol. The van der Waals surface area contributed by atoms with Crippen LogP contribution in [-0.2, 0) is 0 Å². The highest BCUT2D eigenvalue weighted by molar-refractivity contribution is 9.10. The molecule has 0 amide bonds. The van der Waals surface area contributed by atoms with Crippen molar-refractivity contribution in [2.24, 2.45) is 5.92 Å². The van der Waals surface area contributed by atoms with Crippen LogP contribution in [-0.4, -0.2) is 5.78 Å². The molecule has 3 heteroatoms. The number of hydrogen-bond donors (Lipinski definition) is 0. The highest BCUT2D eigenvalue weighted by Gasteiger charge is 2.21. The van der Waals surface area contributed by atoms with Crippen LogP contribution in [0.25, 0.3) is 0 Å². The topological polar surface area (TPSA) is 17.1 Å². The number of rotatable bonds is 4. The van der Waals surface area contributed by atoms with E-state index in [9.17, 15) is 9.18 Å². The minimum Gasteiger partial charge on any atom is -0.294 e. The Morgan fingerprint density at radius 1 is 1.40 bits per heavy atom. The van der Waals surface area contributed by atoms with Crippen LogP contribution in [0, 0.1) is 11.7 Å². The number of carbonyl (C=O) groups excluding carboxylic acids is 1. The van der Waals surface area contributed by atoms with Crippen molar-refractivity contribution in [3.63, 3.8) is 0 Å². The van der Waals surface area contributed by atoms with Crippen LogP contribution in [0.3, 0.4) is 0 Å². The molecule has 1 rings (SSSR count). The van der Waals surface area contributed by atoms with Gasteiger partial charge in [-0.3, -0.25) is 4.79 Å². The molecule has 1 aromatic carbocycles. The molecule has 0 aliphatic carbocycles. The number of hydrogen-bond acceptors (Lipinski definition) is 1. The molecule has 0 fully saturated rings. The molecule has 0 aliphatic heterocycles. The molecule has 0 saturated carbocycles. The summed E-state index contributed by atoms with van der Waals surface area (Å²) < 4.78 is 14.0. The van der Waals surface area contributed by atoms with Gasteiger partial charge in [0, 0.05) is 10.4 Å². The van der Waals surface area contributed by atoms with Crippen molar-refractivity contribution >= 4 is 21.7 Å². The summed E-state index contributed by atoms with van der Waals surface area (Å²) in [6.07, 6.45) is 1.49. The zero-order valence-corrected chi connectivity index (χ0v) is 10.5. The third-order valence-electron chi connectivity index (χ3n) is 2.57. The third kappa shape index (κ3) is 2.65. The van der Waals surface area contributed by atoms with Crippen LogP contribution in [0.15, 0.2) is 22.7 Å². The molecule has 1 aromatic rings. The molecular formula is C12H14BrFO. The SMILES string of the molecule is CCC(CC)C(=O)c1c(F)cccc1Br. The first-order valence-electron chi connectivity index (χ1n) is 5.10. The molecule has 82 valence electrons. The van der Waals surface area contributed by atoms with Crippen molar-refractivity contribution in [1.29, 1.82) is 0 Å². The van der Waals surface area contributed by atoms with Crippen LogP contribution in [0.4, 0.5) is 4.39 Å². The Morgan fingerprint density at radius 2 is 2.00 bits per heavy atom. The lowest BCUT2D eigenvalue weighted by Gasteiger charge is -2.12. The van der Waals surface area contributed by atoms with Crippen LogP contribution >= 0.6 is 15.9 Å². The summed E-state index contributed by atoms with van der Waals surface area (Å²) in [5, 5.41) is 0. The molecule has 15 heavy (non-hydrogen) atoms. The van der Waals surface area contributed by atoms with Gasteiger partial charge in [0.2, 0.25) is 0 Å². The van der Waals surface area contributed by atoms with Crippen molar-refractivity contribution in [3.05, 3.63) is 34.1 Å². The number of ketones is 1. The summed E-state index contributed by atoms with van der Waals surface area (Å²) in [5.41, 5.74) is 0.186. The lowest BCUT2D eigenvalue weighted by molar-refractivity contribution is 0.0908. The molecule has 0 saturated heterocycles. The Balaban J connectivity index is 3.10. The summed E-state index contributed by atoms with van der Waals surface area (Å²) in [5.74, 6) is -0.635. The first-order valence-corrected chi connectivity index (χ1v) is 5.89. The van der Waals surface area contributed by atoms with E-state index >= 15 is 0 Å². The molecule has 0 atom stereocenters. The first-order chi connectivity index (χ1) is 7.11. The lowest BCUT2D eigenvalue weighted by Crippen LogP contribution is -2.15. The maximum absolute atomic E-state index is 13.5. The largest absolute Gasteiger partial charge is 0.294 e. The van der Waals surface area contributed by atoms with Gasteiger partial charge >= 0.3 is 0 Å². The molecule has 0 radical (unpaired) electrons. The monoisotopic (exact) mass is 272 g/mol. The normalized spacial score (nSPS) is 10.7. The lowest BCUT2D eigenvalue weighted by atomic mass is 9.93. The fraction of sp³-hybridized carbons (Fsp3) is 0.417. The average molecular weight is 273 g/mol. The van der Waals surface area contributed by atoms with Crippen molar-refractivity contribution < 1.29 is 9.18 Å². The Hall–Kier alpha value is -0.700. The third-order valence-corrected chi connectivity index (χ3v) is 3.23. The molecule has 0 aliphatic rings. The van der Waals surface area contributed by atoms with Crippen LogP contribution in [0.2, 0.25) is 0 Å². The van der Waals surface area contributed by atoms with E-state index in [4.69, 9.17) is 0 Å². The highest BCUT2D eigenvalue weighted by atomic mass is 79.9. The minimum absolute atomic E-state index is 0.0850. The van der Waals surface area contributed by atoms with Gasteiger partial charge in [0.05, 0.1) is 5.56 Å². The zero-order valence-electron chi connectivity index (χ0n) is 8.89. The Bertz CT molecular complexity index is 338. The van der Waals surface area contributed by atoms with E-state index in [1.165, 1.54) is 6.07 Å². The van der Waals surface area contributed by atoms with Crippen molar-refractivity contribution in [2.45, 2.75) is 26.7 Å². The van der Waals surface area contributed by atoms with Crippen molar-refractivity contribution in [2.75, 3.05) is 0 Å². The second kappa shape index (κ2) is 5.40. The number of carbonyl (C=O) groups is 1. The van der Waals surface area contributed by atoms with E-state index in [0.29, 0.717) is 4.47 Å². The molecule has 0 N–H and O–H groups in total. The van der Waals surface area contributed by atoms with E-state index in [-0.39, 0.29) is 17.3 Å². The maximum Gasteiger partial charge on any atom is 0.170 e. The second-order valence-corrected chi connectivity index (χ2v) is 4.33. The molecule has 0 unspecified atom stereocenters. The van der Waals surface area contributed by atoms with Crippen LogP contribution in [0.5, 0.6) is 0 Å². The first kappa shape index (κ1) is 12.4. The van der Waals surface area contributed by atoms with Gasteiger partial charge in [-0.15, -0.1) is 0 Å². The average Bonchev–Trinajstić information content (AvgIpc) is 2.19. The fourth-order valence-electron chi connectivity index (χ4n) is 1.60. The standard InChI is InChI=1S/C12H14BrFO/c1-3-8(4-2)12(15)11-9(13)6-5-7-10(11)14/h5-8H,3-4H2,1-2H3. The molecule has 0 heterocycles. The van der Waals surface area contributed by atoms with Gasteiger partial charge in [-0.25, -0.2) is 4.39 Å². The molecule has 0 spiro atoms. The summed E-state index contributed by atoms with van der Waals surface area (Å²) >= 11 is 3.21. The minimum atomic E-state index is -0.443. The predicted octanol–water partition coefficient (Wildman–Crippen LogP) is 4.21. The smallest absolute Gasteiger partial charge is 0.170 e. The van der Waals surface area contributed by atoms with E-state index < -0.39 is 5.82 Å².